The van der Waals surface area contributed by atoms with E-state index < -0.39 is 6.04 Å². The van der Waals surface area contributed by atoms with Gasteiger partial charge in [-0.25, -0.2) is 4.39 Å². The van der Waals surface area contributed by atoms with Gasteiger partial charge in [0, 0.05) is 39.6 Å². The van der Waals surface area contributed by atoms with Crippen molar-refractivity contribution in [1.82, 2.24) is 14.7 Å². The molecule has 5 nitrogen and oxygen atoms in total. The molecule has 0 saturated carbocycles. The predicted molar refractivity (Wildman–Crippen MR) is 88.7 cm³/mol. The lowest BCUT2D eigenvalue weighted by atomic mass is 9.83. The maximum absolute atomic E-state index is 13.7. The average molecular weight is 333 g/mol. The minimum absolute atomic E-state index is 0.00619. The van der Waals surface area contributed by atoms with Gasteiger partial charge in [-0.1, -0.05) is 12.1 Å². The summed E-state index contributed by atoms with van der Waals surface area (Å²) in [4.78, 5) is 30.9. The summed E-state index contributed by atoms with van der Waals surface area (Å²) in [6, 6.07) is 5.85. The summed E-state index contributed by atoms with van der Waals surface area (Å²) in [7, 11) is 3.76. The van der Waals surface area contributed by atoms with E-state index in [4.69, 9.17) is 0 Å². The molecule has 1 aromatic carbocycles. The van der Waals surface area contributed by atoms with Crippen LogP contribution in [0.3, 0.4) is 0 Å². The maximum Gasteiger partial charge on any atom is 0.228 e. The second-order valence-corrected chi connectivity index (χ2v) is 6.78. The van der Waals surface area contributed by atoms with Crippen molar-refractivity contribution in [3.05, 3.63) is 35.6 Å². The molecule has 2 saturated heterocycles. The molecular weight excluding hydrogens is 309 g/mol. The fraction of sp³-hybridized carbons (Fsp3) is 0.556. The summed E-state index contributed by atoms with van der Waals surface area (Å²) in [6.45, 7) is 3.13. The Kier molecular flexibility index (Phi) is 4.85. The first-order chi connectivity index (χ1) is 11.5. The van der Waals surface area contributed by atoms with Crippen LogP contribution in [0.4, 0.5) is 4.39 Å². The van der Waals surface area contributed by atoms with Crippen molar-refractivity contribution in [2.24, 2.45) is 5.92 Å². The van der Waals surface area contributed by atoms with Gasteiger partial charge in [-0.3, -0.25) is 9.59 Å². The molecule has 1 aromatic rings. The molecule has 0 radical (unpaired) electrons. The highest BCUT2D eigenvalue weighted by molar-refractivity contribution is 5.85. The monoisotopic (exact) mass is 333 g/mol. The fourth-order valence-corrected chi connectivity index (χ4v) is 3.70. The van der Waals surface area contributed by atoms with Gasteiger partial charge in [-0.15, -0.1) is 0 Å². The first-order valence-electron chi connectivity index (χ1n) is 8.46. The van der Waals surface area contributed by atoms with Crippen molar-refractivity contribution < 1.29 is 14.0 Å². The van der Waals surface area contributed by atoms with Gasteiger partial charge >= 0.3 is 0 Å². The molecule has 2 atom stereocenters. The van der Waals surface area contributed by atoms with Gasteiger partial charge in [0.05, 0.1) is 12.0 Å². The van der Waals surface area contributed by atoms with Crippen molar-refractivity contribution in [1.29, 1.82) is 0 Å². The zero-order valence-electron chi connectivity index (χ0n) is 14.2. The van der Waals surface area contributed by atoms with E-state index in [-0.39, 0.29) is 23.5 Å². The largest absolute Gasteiger partial charge is 0.340 e. The molecule has 2 heterocycles. The van der Waals surface area contributed by atoms with Crippen LogP contribution in [-0.2, 0) is 9.59 Å². The number of nitrogens with zero attached hydrogens (tertiary/aromatic N) is 3. The Hall–Kier alpha value is -1.95. The number of piperidine rings is 1. The molecule has 0 unspecified atom stereocenters. The number of hydrogen-bond acceptors (Lipinski definition) is 3. The summed E-state index contributed by atoms with van der Waals surface area (Å²) >= 11 is 0. The molecule has 2 fully saturated rings. The summed E-state index contributed by atoms with van der Waals surface area (Å²) in [5.41, 5.74) is 0.693. The molecule has 2 amide bonds. The number of likely N-dealkylation sites (N-methyl/N-ethyl adjacent to an activating group) is 1. The van der Waals surface area contributed by atoms with Crippen molar-refractivity contribution in [3.63, 3.8) is 0 Å². The Morgan fingerprint density at radius 1 is 1.17 bits per heavy atom. The Labute approximate surface area is 142 Å². The third kappa shape index (κ3) is 3.29. The van der Waals surface area contributed by atoms with E-state index >= 15 is 0 Å². The van der Waals surface area contributed by atoms with Crippen LogP contribution in [-0.4, -0.2) is 66.8 Å². The fourth-order valence-electron chi connectivity index (χ4n) is 3.70. The Morgan fingerprint density at radius 2 is 1.88 bits per heavy atom. The number of halogens is 1. The molecule has 3 rings (SSSR count). The van der Waals surface area contributed by atoms with E-state index in [1.165, 1.54) is 12.1 Å². The van der Waals surface area contributed by atoms with E-state index in [1.807, 2.05) is 11.9 Å². The number of piperazine rings is 1. The second-order valence-electron chi connectivity index (χ2n) is 6.78. The highest BCUT2D eigenvalue weighted by Gasteiger charge is 2.41. The molecule has 24 heavy (non-hydrogen) atoms. The molecule has 2 aliphatic heterocycles. The van der Waals surface area contributed by atoms with Crippen LogP contribution in [0, 0.1) is 11.7 Å². The van der Waals surface area contributed by atoms with Crippen LogP contribution >= 0.6 is 0 Å². The van der Waals surface area contributed by atoms with E-state index in [0.29, 0.717) is 31.5 Å². The summed E-state index contributed by atoms with van der Waals surface area (Å²) in [5.74, 6) is -0.564. The highest BCUT2D eigenvalue weighted by atomic mass is 19.1. The van der Waals surface area contributed by atoms with E-state index in [2.05, 4.69) is 4.90 Å². The van der Waals surface area contributed by atoms with E-state index in [1.54, 1.807) is 24.1 Å². The minimum atomic E-state index is -0.394. The third-order valence-electron chi connectivity index (χ3n) is 5.18. The number of hydrogen-bond donors (Lipinski definition) is 0. The van der Waals surface area contributed by atoms with Crippen molar-refractivity contribution in [2.45, 2.75) is 18.9 Å². The molecule has 2 aliphatic rings. The van der Waals surface area contributed by atoms with Gasteiger partial charge in [-0.05, 0) is 31.2 Å². The van der Waals surface area contributed by atoms with Gasteiger partial charge in [0.1, 0.15) is 5.82 Å². The second kappa shape index (κ2) is 6.89. The van der Waals surface area contributed by atoms with Gasteiger partial charge < -0.3 is 14.7 Å². The first-order valence-corrected chi connectivity index (χ1v) is 8.46. The van der Waals surface area contributed by atoms with Gasteiger partial charge in [-0.2, -0.15) is 0 Å². The maximum atomic E-state index is 13.7. The normalized spacial score (nSPS) is 25.9. The van der Waals surface area contributed by atoms with Crippen LogP contribution in [0.5, 0.6) is 0 Å². The average Bonchev–Trinajstić information content (AvgIpc) is 2.57. The highest BCUT2D eigenvalue weighted by Crippen LogP contribution is 2.37. The zero-order chi connectivity index (χ0) is 17.3. The molecule has 0 aromatic heterocycles. The molecule has 0 aliphatic carbocycles. The number of amides is 2. The van der Waals surface area contributed by atoms with Crippen LogP contribution in [0.1, 0.15) is 24.4 Å². The van der Waals surface area contributed by atoms with Crippen LogP contribution < -0.4 is 0 Å². The van der Waals surface area contributed by atoms with Crippen LogP contribution in [0.25, 0.3) is 0 Å². The minimum Gasteiger partial charge on any atom is -0.340 e. The lowest BCUT2D eigenvalue weighted by Gasteiger charge is -2.42. The molecule has 6 heteroatoms. The number of rotatable bonds is 2. The molecule has 130 valence electrons. The predicted octanol–water partition coefficient (Wildman–Crippen LogP) is 1.51. The Morgan fingerprint density at radius 3 is 2.54 bits per heavy atom. The van der Waals surface area contributed by atoms with E-state index in [0.717, 1.165) is 13.1 Å². The molecule has 0 N–H and O–H groups in total. The zero-order valence-corrected chi connectivity index (χ0v) is 14.2. The molecule has 0 spiro atoms. The van der Waals surface area contributed by atoms with Crippen LogP contribution in [0.2, 0.25) is 0 Å². The summed E-state index contributed by atoms with van der Waals surface area (Å²) in [5, 5.41) is 0. The molecule has 0 bridgehead atoms. The summed E-state index contributed by atoms with van der Waals surface area (Å²) < 4.78 is 13.7. The van der Waals surface area contributed by atoms with Crippen molar-refractivity contribution in [3.8, 4) is 0 Å². The Balaban J connectivity index is 1.86. The standard InChI is InChI=1S/C18H24FN3O2/c1-20-8-10-22(11-9-20)18(24)15-6-7-16(23)21(2)17(15)13-4-3-5-14(19)12-13/h3-5,12,15,17H,6-11H2,1-2H3/t15-,17+/m1/s1. The quantitative estimate of drug-likeness (QED) is 0.824. The first kappa shape index (κ1) is 16.9. The molecular formula is C18H24FN3O2. The Bertz CT molecular complexity index is 628. The van der Waals surface area contributed by atoms with Gasteiger partial charge in [0.15, 0.2) is 0 Å². The number of benzene rings is 1. The van der Waals surface area contributed by atoms with Gasteiger partial charge in [0.25, 0.3) is 0 Å². The van der Waals surface area contributed by atoms with Gasteiger partial charge in [0.2, 0.25) is 11.8 Å². The number of carbonyl (C=O) groups is 2. The van der Waals surface area contributed by atoms with Crippen LogP contribution in [0.15, 0.2) is 24.3 Å². The lowest BCUT2D eigenvalue weighted by Crippen LogP contribution is -2.52. The SMILES string of the molecule is CN1CCN(C(=O)[C@@H]2CCC(=O)N(C)[C@H]2c2cccc(F)c2)CC1. The van der Waals surface area contributed by atoms with Crippen molar-refractivity contribution in [2.75, 3.05) is 40.3 Å². The third-order valence-corrected chi connectivity index (χ3v) is 5.18. The summed E-state index contributed by atoms with van der Waals surface area (Å²) in [6.07, 6.45) is 0.891. The van der Waals surface area contributed by atoms with Crippen molar-refractivity contribution >= 4 is 11.8 Å². The smallest absolute Gasteiger partial charge is 0.228 e. The number of carbonyl (C=O) groups excluding carboxylic acids is 2. The lowest BCUT2D eigenvalue weighted by molar-refractivity contribution is -0.147. The van der Waals surface area contributed by atoms with E-state index in [9.17, 15) is 14.0 Å². The topological polar surface area (TPSA) is 43.9 Å². The number of likely N-dealkylation sites (tertiary alicyclic amines) is 1.